The number of nitrogens with zero attached hydrogens (tertiary/aromatic N) is 1. The molecule has 1 aliphatic rings. The topological polar surface area (TPSA) is 84.9 Å². The van der Waals surface area contributed by atoms with Gasteiger partial charge >= 0.3 is 0 Å². The molecule has 0 unspecified atom stereocenters. The number of carbonyl (C=O) groups excluding carboxylic acids is 1. The standard InChI is InChI=1S/C23H30N2O5S/c1-6-12-25-19-10-8-17(14-21(19)30-15-23(4,5)22(25)26)24-31(27,28)18-9-11-20(29-7-2)16(3)13-18/h8-11,13-14,24H,6-7,12,15H2,1-5H3. The van der Waals surface area contributed by atoms with Crippen LogP contribution >= 0.6 is 0 Å². The summed E-state index contributed by atoms with van der Waals surface area (Å²) in [7, 11) is -3.80. The quantitative estimate of drug-likeness (QED) is 0.683. The number of sulfonamides is 1. The minimum atomic E-state index is -3.80. The van der Waals surface area contributed by atoms with Gasteiger partial charge in [0.15, 0.2) is 0 Å². The van der Waals surface area contributed by atoms with Crippen molar-refractivity contribution >= 4 is 27.3 Å². The number of ether oxygens (including phenoxy) is 2. The summed E-state index contributed by atoms with van der Waals surface area (Å²) in [6, 6.07) is 9.76. The van der Waals surface area contributed by atoms with E-state index in [2.05, 4.69) is 4.72 Å². The van der Waals surface area contributed by atoms with Gasteiger partial charge in [0.2, 0.25) is 5.91 Å². The first kappa shape index (κ1) is 22.9. The molecule has 0 atom stereocenters. The smallest absolute Gasteiger partial charge is 0.261 e. The van der Waals surface area contributed by atoms with Crippen LogP contribution in [0.4, 0.5) is 11.4 Å². The zero-order valence-corrected chi connectivity index (χ0v) is 19.5. The fourth-order valence-corrected chi connectivity index (χ4v) is 4.61. The third kappa shape index (κ3) is 4.79. The SMILES string of the molecule is CCCN1C(=O)C(C)(C)COc2cc(NS(=O)(=O)c3ccc(OCC)c(C)c3)ccc21. The minimum absolute atomic E-state index is 0.00806. The summed E-state index contributed by atoms with van der Waals surface area (Å²) in [5.74, 6) is 1.13. The summed E-state index contributed by atoms with van der Waals surface area (Å²) in [5.41, 5.74) is 1.09. The van der Waals surface area contributed by atoms with Crippen molar-refractivity contribution in [2.75, 3.05) is 29.4 Å². The predicted octanol–water partition coefficient (Wildman–Crippen LogP) is 4.36. The number of hydrogen-bond acceptors (Lipinski definition) is 5. The highest BCUT2D eigenvalue weighted by atomic mass is 32.2. The predicted molar refractivity (Wildman–Crippen MR) is 122 cm³/mol. The molecule has 2 aromatic rings. The highest BCUT2D eigenvalue weighted by Crippen LogP contribution is 2.38. The first-order valence-electron chi connectivity index (χ1n) is 10.4. The van der Waals surface area contributed by atoms with Crippen molar-refractivity contribution in [3.63, 3.8) is 0 Å². The van der Waals surface area contributed by atoms with Crippen molar-refractivity contribution in [1.82, 2.24) is 0 Å². The summed E-state index contributed by atoms with van der Waals surface area (Å²) in [5, 5.41) is 0. The van der Waals surface area contributed by atoms with Crippen LogP contribution < -0.4 is 19.1 Å². The number of amides is 1. The average molecular weight is 447 g/mol. The molecule has 1 heterocycles. The number of benzene rings is 2. The molecular weight excluding hydrogens is 416 g/mol. The van der Waals surface area contributed by atoms with E-state index in [1.54, 1.807) is 42.2 Å². The Morgan fingerprint density at radius 2 is 1.90 bits per heavy atom. The van der Waals surface area contributed by atoms with E-state index in [1.807, 2.05) is 27.7 Å². The summed E-state index contributed by atoms with van der Waals surface area (Å²) in [6.45, 7) is 10.7. The molecule has 31 heavy (non-hydrogen) atoms. The fraction of sp³-hybridized carbons (Fsp3) is 0.435. The molecule has 0 bridgehead atoms. The van der Waals surface area contributed by atoms with Crippen molar-refractivity contribution < 1.29 is 22.7 Å². The summed E-state index contributed by atoms with van der Waals surface area (Å²) >= 11 is 0. The van der Waals surface area contributed by atoms with Gasteiger partial charge in [-0.3, -0.25) is 9.52 Å². The molecule has 2 aromatic carbocycles. The first-order valence-corrected chi connectivity index (χ1v) is 11.9. The van der Waals surface area contributed by atoms with Crippen molar-refractivity contribution in [2.45, 2.75) is 45.9 Å². The van der Waals surface area contributed by atoms with E-state index < -0.39 is 15.4 Å². The number of rotatable bonds is 7. The highest BCUT2D eigenvalue weighted by molar-refractivity contribution is 7.92. The van der Waals surface area contributed by atoms with Crippen LogP contribution in [0.3, 0.4) is 0 Å². The lowest BCUT2D eigenvalue weighted by Gasteiger charge is -2.27. The average Bonchev–Trinajstić information content (AvgIpc) is 2.80. The van der Waals surface area contributed by atoms with Gasteiger partial charge in [-0.1, -0.05) is 6.92 Å². The van der Waals surface area contributed by atoms with Gasteiger partial charge in [0.25, 0.3) is 10.0 Å². The zero-order chi connectivity index (χ0) is 22.8. The van der Waals surface area contributed by atoms with E-state index >= 15 is 0 Å². The van der Waals surface area contributed by atoms with Crippen molar-refractivity contribution in [1.29, 1.82) is 0 Å². The van der Waals surface area contributed by atoms with Crippen LogP contribution in [0.25, 0.3) is 0 Å². The molecule has 0 spiro atoms. The molecular formula is C23H30N2O5S. The Morgan fingerprint density at radius 1 is 1.16 bits per heavy atom. The molecule has 0 radical (unpaired) electrons. The van der Waals surface area contributed by atoms with E-state index in [0.29, 0.717) is 36.0 Å². The molecule has 1 N–H and O–H groups in total. The number of nitrogens with one attached hydrogen (secondary N) is 1. The van der Waals surface area contributed by atoms with Gasteiger partial charge in [-0.15, -0.1) is 0 Å². The second-order valence-corrected chi connectivity index (χ2v) is 9.96. The molecule has 0 fully saturated rings. The largest absolute Gasteiger partial charge is 0.494 e. The van der Waals surface area contributed by atoms with Crippen molar-refractivity contribution in [3.05, 3.63) is 42.0 Å². The Balaban J connectivity index is 1.91. The molecule has 168 valence electrons. The molecule has 0 aliphatic carbocycles. The van der Waals surface area contributed by atoms with E-state index in [1.165, 1.54) is 6.07 Å². The van der Waals surface area contributed by atoms with Crippen LogP contribution in [0.15, 0.2) is 41.3 Å². The van der Waals surface area contributed by atoms with Gasteiger partial charge < -0.3 is 14.4 Å². The van der Waals surface area contributed by atoms with E-state index in [9.17, 15) is 13.2 Å². The lowest BCUT2D eigenvalue weighted by molar-refractivity contribution is -0.127. The van der Waals surface area contributed by atoms with E-state index in [-0.39, 0.29) is 17.4 Å². The number of aryl methyl sites for hydroxylation is 1. The van der Waals surface area contributed by atoms with Crippen LogP contribution in [-0.2, 0) is 14.8 Å². The third-order valence-electron chi connectivity index (χ3n) is 5.12. The summed E-state index contributed by atoms with van der Waals surface area (Å²) < 4.78 is 39.9. The lowest BCUT2D eigenvalue weighted by Crippen LogP contribution is -2.42. The maximum atomic E-state index is 12.9. The Morgan fingerprint density at radius 3 is 2.55 bits per heavy atom. The lowest BCUT2D eigenvalue weighted by atomic mass is 9.93. The maximum absolute atomic E-state index is 12.9. The van der Waals surface area contributed by atoms with Crippen molar-refractivity contribution in [3.8, 4) is 11.5 Å². The zero-order valence-electron chi connectivity index (χ0n) is 18.7. The molecule has 0 saturated heterocycles. The molecule has 1 amide bonds. The summed E-state index contributed by atoms with van der Waals surface area (Å²) in [4.78, 5) is 14.8. The second kappa shape index (κ2) is 8.78. The van der Waals surface area contributed by atoms with E-state index in [0.717, 1.165) is 12.0 Å². The number of carbonyl (C=O) groups is 1. The Kier molecular flexibility index (Phi) is 6.50. The van der Waals surface area contributed by atoms with Crippen LogP contribution in [-0.4, -0.2) is 34.1 Å². The molecule has 1 aliphatic heterocycles. The maximum Gasteiger partial charge on any atom is 0.261 e. The van der Waals surface area contributed by atoms with Gasteiger partial charge in [0.1, 0.15) is 18.1 Å². The fourth-order valence-electron chi connectivity index (χ4n) is 3.48. The first-order chi connectivity index (χ1) is 14.6. The van der Waals surface area contributed by atoms with Gasteiger partial charge in [-0.25, -0.2) is 8.42 Å². The van der Waals surface area contributed by atoms with Gasteiger partial charge in [-0.05, 0) is 70.0 Å². The van der Waals surface area contributed by atoms with Crippen molar-refractivity contribution in [2.24, 2.45) is 5.41 Å². The Hall–Kier alpha value is -2.74. The van der Waals surface area contributed by atoms with Gasteiger partial charge in [0.05, 0.1) is 28.3 Å². The van der Waals surface area contributed by atoms with Crippen LogP contribution in [0.1, 0.15) is 39.7 Å². The van der Waals surface area contributed by atoms with Gasteiger partial charge in [-0.2, -0.15) is 0 Å². The Labute approximate surface area is 184 Å². The molecule has 0 aromatic heterocycles. The number of anilines is 2. The minimum Gasteiger partial charge on any atom is -0.494 e. The molecule has 8 heteroatoms. The van der Waals surface area contributed by atoms with E-state index in [4.69, 9.17) is 9.47 Å². The monoisotopic (exact) mass is 446 g/mol. The second-order valence-electron chi connectivity index (χ2n) is 8.28. The van der Waals surface area contributed by atoms with Crippen LogP contribution in [0.2, 0.25) is 0 Å². The van der Waals surface area contributed by atoms with Crippen LogP contribution in [0, 0.1) is 12.3 Å². The normalized spacial score (nSPS) is 15.6. The molecule has 0 saturated carbocycles. The molecule has 7 nitrogen and oxygen atoms in total. The Bertz CT molecular complexity index is 1080. The van der Waals surface area contributed by atoms with Crippen LogP contribution in [0.5, 0.6) is 11.5 Å². The highest BCUT2D eigenvalue weighted by Gasteiger charge is 2.37. The molecule has 3 rings (SSSR count). The summed E-state index contributed by atoms with van der Waals surface area (Å²) in [6.07, 6.45) is 0.798. The number of hydrogen-bond donors (Lipinski definition) is 1. The van der Waals surface area contributed by atoms with Gasteiger partial charge in [0, 0.05) is 12.6 Å². The number of fused-ring (bicyclic) bond motifs is 1. The third-order valence-corrected chi connectivity index (χ3v) is 6.50.